The number of nitrogens with two attached hydrogens (primary N) is 2. The second-order valence-electron chi connectivity index (χ2n) is 2.44. The Kier molecular flexibility index (Phi) is 20.4. The van der Waals surface area contributed by atoms with E-state index in [4.69, 9.17) is 21.7 Å². The highest BCUT2D eigenvalue weighted by molar-refractivity contribution is 4.43. The van der Waals surface area contributed by atoms with Crippen LogP contribution in [0.1, 0.15) is 25.7 Å². The van der Waals surface area contributed by atoms with Crippen molar-refractivity contribution in [2.24, 2.45) is 11.5 Å². The number of aliphatic hydroxyl groups is 2. The fourth-order valence-corrected chi connectivity index (χ4v) is 0.642. The summed E-state index contributed by atoms with van der Waals surface area (Å²) in [6.45, 7) is 1.40. The van der Waals surface area contributed by atoms with Crippen LogP contribution in [0.4, 0.5) is 0 Å². The molecule has 0 aromatic heterocycles. The first-order valence-corrected chi connectivity index (χ1v) is 4.45. The van der Waals surface area contributed by atoms with Crippen LogP contribution in [0.5, 0.6) is 0 Å². The minimum absolute atomic E-state index is 0.125. The number of rotatable bonds is 6. The predicted octanol–water partition coefficient (Wildman–Crippen LogP) is -0.565. The van der Waals surface area contributed by atoms with Crippen LogP contribution in [0.15, 0.2) is 0 Å². The summed E-state index contributed by atoms with van der Waals surface area (Å²) in [5.41, 5.74) is 10.6. The van der Waals surface area contributed by atoms with Crippen LogP contribution in [0.25, 0.3) is 0 Å². The standard InChI is InChI=1S/C6H16N2.C2H6O2/c7-5-3-1-2-4-6-8;3-1-2-4/h1-8H2;3-4H,1-2H2. The molecule has 0 atom stereocenters. The van der Waals surface area contributed by atoms with Crippen LogP contribution in [-0.2, 0) is 0 Å². The lowest BCUT2D eigenvalue weighted by atomic mass is 10.2. The van der Waals surface area contributed by atoms with Gasteiger partial charge in [0.2, 0.25) is 0 Å². The molecule has 0 aromatic carbocycles. The van der Waals surface area contributed by atoms with E-state index in [0.717, 1.165) is 25.9 Å². The van der Waals surface area contributed by atoms with E-state index in [-0.39, 0.29) is 13.2 Å². The van der Waals surface area contributed by atoms with Gasteiger partial charge in [-0.05, 0) is 25.9 Å². The lowest BCUT2D eigenvalue weighted by Crippen LogP contribution is -2.00. The summed E-state index contributed by atoms with van der Waals surface area (Å²) in [6, 6.07) is 0. The molecule has 0 amide bonds. The molecular weight excluding hydrogens is 156 g/mol. The van der Waals surface area contributed by atoms with Crippen LogP contribution >= 0.6 is 0 Å². The van der Waals surface area contributed by atoms with Gasteiger partial charge in [-0.25, -0.2) is 0 Å². The second-order valence-corrected chi connectivity index (χ2v) is 2.44. The van der Waals surface area contributed by atoms with Crippen LogP contribution < -0.4 is 11.5 Å². The predicted molar refractivity (Wildman–Crippen MR) is 50.7 cm³/mol. The van der Waals surface area contributed by atoms with Gasteiger partial charge >= 0.3 is 0 Å². The molecule has 0 saturated heterocycles. The topological polar surface area (TPSA) is 92.5 Å². The van der Waals surface area contributed by atoms with Gasteiger partial charge in [-0.15, -0.1) is 0 Å². The molecule has 0 aliphatic carbocycles. The maximum absolute atomic E-state index is 7.62. The minimum atomic E-state index is -0.125. The first-order chi connectivity index (χ1) is 5.83. The molecule has 6 N–H and O–H groups in total. The monoisotopic (exact) mass is 178 g/mol. The molecule has 4 nitrogen and oxygen atoms in total. The van der Waals surface area contributed by atoms with Gasteiger partial charge in [0.15, 0.2) is 0 Å². The normalized spacial score (nSPS) is 9.00. The molecule has 0 saturated carbocycles. The van der Waals surface area contributed by atoms with Crippen molar-refractivity contribution >= 4 is 0 Å². The lowest BCUT2D eigenvalue weighted by Gasteiger charge is -1.94. The largest absolute Gasteiger partial charge is 0.394 e. The van der Waals surface area contributed by atoms with E-state index in [1.807, 2.05) is 0 Å². The van der Waals surface area contributed by atoms with E-state index in [1.54, 1.807) is 0 Å². The number of unbranched alkanes of at least 4 members (excludes halogenated alkanes) is 3. The molecule has 4 heteroatoms. The van der Waals surface area contributed by atoms with Crippen molar-refractivity contribution in [1.82, 2.24) is 0 Å². The van der Waals surface area contributed by atoms with Crippen molar-refractivity contribution in [3.8, 4) is 0 Å². The average Bonchev–Trinajstić information content (AvgIpc) is 2.13. The number of hydrogen-bond acceptors (Lipinski definition) is 4. The van der Waals surface area contributed by atoms with Crippen LogP contribution in [-0.4, -0.2) is 36.5 Å². The summed E-state index contributed by atoms with van der Waals surface area (Å²) in [6.07, 6.45) is 4.79. The second kappa shape index (κ2) is 17.1. The summed E-state index contributed by atoms with van der Waals surface area (Å²) >= 11 is 0. The molecule has 0 aliphatic heterocycles. The summed E-state index contributed by atoms with van der Waals surface area (Å²) in [7, 11) is 0. The SMILES string of the molecule is NCCCCCCN.OCCO. The van der Waals surface area contributed by atoms with E-state index >= 15 is 0 Å². The zero-order valence-electron chi connectivity index (χ0n) is 7.71. The summed E-state index contributed by atoms with van der Waals surface area (Å²) < 4.78 is 0. The van der Waals surface area contributed by atoms with Crippen LogP contribution in [0.2, 0.25) is 0 Å². The highest BCUT2D eigenvalue weighted by atomic mass is 16.3. The molecule has 0 radical (unpaired) electrons. The molecule has 0 bridgehead atoms. The molecule has 0 heterocycles. The van der Waals surface area contributed by atoms with Crippen LogP contribution in [0.3, 0.4) is 0 Å². The van der Waals surface area contributed by atoms with Gasteiger partial charge in [0.05, 0.1) is 13.2 Å². The maximum atomic E-state index is 7.62. The zero-order valence-corrected chi connectivity index (χ0v) is 7.71. The van der Waals surface area contributed by atoms with Crippen LogP contribution in [0, 0.1) is 0 Å². The zero-order chi connectivity index (χ0) is 9.66. The molecule has 0 aromatic rings. The van der Waals surface area contributed by atoms with E-state index < -0.39 is 0 Å². The Morgan fingerprint density at radius 3 is 1.17 bits per heavy atom. The van der Waals surface area contributed by atoms with Crippen molar-refractivity contribution in [2.45, 2.75) is 25.7 Å². The third-order valence-electron chi connectivity index (χ3n) is 1.26. The average molecular weight is 178 g/mol. The Bertz CT molecular complexity index is 55.0. The maximum Gasteiger partial charge on any atom is 0.0662 e. The highest BCUT2D eigenvalue weighted by Gasteiger charge is 1.83. The molecule has 76 valence electrons. The van der Waals surface area contributed by atoms with E-state index in [1.165, 1.54) is 12.8 Å². The molecule has 0 unspecified atom stereocenters. The van der Waals surface area contributed by atoms with Crippen molar-refractivity contribution < 1.29 is 10.2 Å². The third-order valence-corrected chi connectivity index (χ3v) is 1.26. The van der Waals surface area contributed by atoms with Gasteiger partial charge in [0.25, 0.3) is 0 Å². The van der Waals surface area contributed by atoms with Crippen molar-refractivity contribution in [2.75, 3.05) is 26.3 Å². The third kappa shape index (κ3) is 22.5. The lowest BCUT2D eigenvalue weighted by molar-refractivity contribution is 0.186. The first kappa shape index (κ1) is 14.4. The van der Waals surface area contributed by atoms with Gasteiger partial charge in [-0.3, -0.25) is 0 Å². The smallest absolute Gasteiger partial charge is 0.0662 e. The minimum Gasteiger partial charge on any atom is -0.394 e. The Balaban J connectivity index is 0. The van der Waals surface area contributed by atoms with Gasteiger partial charge in [-0.1, -0.05) is 12.8 Å². The molecule has 0 rings (SSSR count). The Morgan fingerprint density at radius 2 is 1.00 bits per heavy atom. The number of aliphatic hydroxyl groups excluding tert-OH is 2. The molecule has 0 fully saturated rings. The Hall–Kier alpha value is -0.160. The quantitative estimate of drug-likeness (QED) is 0.410. The summed E-state index contributed by atoms with van der Waals surface area (Å²) in [5, 5.41) is 15.2. The van der Waals surface area contributed by atoms with Gasteiger partial charge < -0.3 is 21.7 Å². The van der Waals surface area contributed by atoms with Gasteiger partial charge in [0.1, 0.15) is 0 Å². The Labute approximate surface area is 74.6 Å². The van der Waals surface area contributed by atoms with Crippen molar-refractivity contribution in [1.29, 1.82) is 0 Å². The molecular formula is C8H22N2O2. The van der Waals surface area contributed by atoms with E-state index in [0.29, 0.717) is 0 Å². The Morgan fingerprint density at radius 1 is 0.667 bits per heavy atom. The fraction of sp³-hybridized carbons (Fsp3) is 1.00. The number of hydrogen-bond donors (Lipinski definition) is 4. The van der Waals surface area contributed by atoms with Gasteiger partial charge in [0, 0.05) is 0 Å². The summed E-state index contributed by atoms with van der Waals surface area (Å²) in [4.78, 5) is 0. The van der Waals surface area contributed by atoms with E-state index in [2.05, 4.69) is 0 Å². The molecule has 0 aliphatic rings. The van der Waals surface area contributed by atoms with Crippen molar-refractivity contribution in [3.63, 3.8) is 0 Å². The highest BCUT2D eigenvalue weighted by Crippen LogP contribution is 1.95. The van der Waals surface area contributed by atoms with Gasteiger partial charge in [-0.2, -0.15) is 0 Å². The summed E-state index contributed by atoms with van der Waals surface area (Å²) in [5.74, 6) is 0. The van der Waals surface area contributed by atoms with Crippen molar-refractivity contribution in [3.05, 3.63) is 0 Å². The fourth-order valence-electron chi connectivity index (χ4n) is 0.642. The molecule has 0 spiro atoms. The van der Waals surface area contributed by atoms with E-state index in [9.17, 15) is 0 Å². The first-order valence-electron chi connectivity index (χ1n) is 4.45. The molecule has 12 heavy (non-hydrogen) atoms.